The second-order valence-corrected chi connectivity index (χ2v) is 11.0. The first-order valence-electron chi connectivity index (χ1n) is 13.1. The molecule has 1 N–H and O–H groups in total. The third-order valence-corrected chi connectivity index (χ3v) is 7.57. The highest BCUT2D eigenvalue weighted by molar-refractivity contribution is 8.18. The molecule has 0 saturated carbocycles. The normalized spacial score (nSPS) is 16.4. The zero-order chi connectivity index (χ0) is 28.2. The fourth-order valence-corrected chi connectivity index (χ4v) is 5.46. The van der Waals surface area contributed by atoms with E-state index in [1.54, 1.807) is 18.3 Å². The van der Waals surface area contributed by atoms with Crippen LogP contribution >= 0.6 is 11.8 Å². The van der Waals surface area contributed by atoms with Crippen molar-refractivity contribution in [1.82, 2.24) is 20.2 Å². The zero-order valence-corrected chi connectivity index (χ0v) is 23.2. The SMILES string of the molecule is CC(C)=CC(=O)CCC(=O)N1CCN(c2ccc(-c3ccnc4ccc(/C=C5\SC(=O)NC5=O)cc34)cn2)CC1. The number of piperazine rings is 1. The molecule has 9 nitrogen and oxygen atoms in total. The first kappa shape index (κ1) is 27.3. The van der Waals surface area contributed by atoms with Crippen LogP contribution in [0.3, 0.4) is 0 Å². The quantitative estimate of drug-likeness (QED) is 0.422. The lowest BCUT2D eigenvalue weighted by molar-refractivity contribution is -0.133. The second-order valence-electron chi connectivity index (χ2n) is 9.95. The van der Waals surface area contributed by atoms with Crippen molar-refractivity contribution < 1.29 is 19.2 Å². The number of nitrogens with zero attached hydrogens (tertiary/aromatic N) is 4. The highest BCUT2D eigenvalue weighted by Crippen LogP contribution is 2.31. The number of nitrogens with one attached hydrogen (secondary N) is 1. The van der Waals surface area contributed by atoms with Crippen LogP contribution < -0.4 is 10.2 Å². The molecule has 0 aliphatic carbocycles. The van der Waals surface area contributed by atoms with E-state index >= 15 is 0 Å². The van der Waals surface area contributed by atoms with Crippen LogP contribution in [0.2, 0.25) is 0 Å². The number of carbonyl (C=O) groups excluding carboxylic acids is 4. The molecule has 0 radical (unpaired) electrons. The summed E-state index contributed by atoms with van der Waals surface area (Å²) in [4.78, 5) is 61.5. The van der Waals surface area contributed by atoms with Crippen LogP contribution in [0.25, 0.3) is 28.1 Å². The number of hydrogen-bond acceptors (Lipinski definition) is 8. The van der Waals surface area contributed by atoms with E-state index in [4.69, 9.17) is 4.98 Å². The molecule has 0 spiro atoms. The molecule has 4 heterocycles. The van der Waals surface area contributed by atoms with Gasteiger partial charge in [0.2, 0.25) is 5.91 Å². The molecule has 2 fully saturated rings. The first-order valence-corrected chi connectivity index (χ1v) is 13.9. The molecule has 10 heteroatoms. The summed E-state index contributed by atoms with van der Waals surface area (Å²) in [5.74, 6) is 0.452. The minimum atomic E-state index is -0.388. The van der Waals surface area contributed by atoms with Crippen molar-refractivity contribution >= 4 is 57.4 Å². The summed E-state index contributed by atoms with van der Waals surface area (Å²) in [5.41, 5.74) is 4.44. The Labute approximate surface area is 236 Å². The molecule has 0 bridgehead atoms. The van der Waals surface area contributed by atoms with Crippen molar-refractivity contribution in [2.45, 2.75) is 26.7 Å². The summed E-state index contributed by atoms with van der Waals surface area (Å²) in [7, 11) is 0. The van der Waals surface area contributed by atoms with Crippen LogP contribution in [-0.2, 0) is 14.4 Å². The van der Waals surface area contributed by atoms with Crippen molar-refractivity contribution in [3.63, 3.8) is 0 Å². The number of hydrogen-bond donors (Lipinski definition) is 1. The Morgan fingerprint density at radius 1 is 1.00 bits per heavy atom. The minimum Gasteiger partial charge on any atom is -0.353 e. The van der Waals surface area contributed by atoms with Gasteiger partial charge >= 0.3 is 0 Å². The third kappa shape index (κ3) is 6.28. The van der Waals surface area contributed by atoms with E-state index in [-0.39, 0.29) is 35.7 Å². The van der Waals surface area contributed by atoms with Gasteiger partial charge in [-0.05, 0) is 79.2 Å². The number of pyridine rings is 2. The molecule has 40 heavy (non-hydrogen) atoms. The number of benzene rings is 1. The summed E-state index contributed by atoms with van der Waals surface area (Å²) in [6.07, 6.45) is 7.35. The number of carbonyl (C=O) groups is 4. The van der Waals surface area contributed by atoms with Gasteiger partial charge in [-0.2, -0.15) is 0 Å². The summed E-state index contributed by atoms with van der Waals surface area (Å²) >= 11 is 0.890. The molecule has 0 unspecified atom stereocenters. The zero-order valence-electron chi connectivity index (χ0n) is 22.3. The van der Waals surface area contributed by atoms with Crippen molar-refractivity contribution in [3.05, 3.63) is 70.9 Å². The lowest BCUT2D eigenvalue weighted by atomic mass is 10.0. The van der Waals surface area contributed by atoms with Gasteiger partial charge < -0.3 is 9.80 Å². The molecule has 2 aliphatic rings. The van der Waals surface area contributed by atoms with E-state index in [0.29, 0.717) is 31.1 Å². The summed E-state index contributed by atoms with van der Waals surface area (Å²) in [6.45, 7) is 6.27. The van der Waals surface area contributed by atoms with Gasteiger partial charge in [-0.25, -0.2) is 4.98 Å². The van der Waals surface area contributed by atoms with E-state index in [1.165, 1.54) is 0 Å². The van der Waals surface area contributed by atoms with E-state index in [0.717, 1.165) is 50.7 Å². The van der Waals surface area contributed by atoms with Crippen LogP contribution in [0, 0.1) is 0 Å². The fourth-order valence-electron chi connectivity index (χ4n) is 4.78. The Morgan fingerprint density at radius 3 is 2.48 bits per heavy atom. The lowest BCUT2D eigenvalue weighted by Gasteiger charge is -2.35. The Bertz CT molecular complexity index is 1550. The van der Waals surface area contributed by atoms with Gasteiger partial charge in [0.05, 0.1) is 10.4 Å². The van der Waals surface area contributed by atoms with Crippen LogP contribution in [-0.4, -0.2) is 63.9 Å². The molecule has 5 rings (SSSR count). The standard InChI is InChI=1S/C30H29N5O4S/c1-19(2)15-22(36)5-8-28(37)35-13-11-34(12-14-35)27-7-4-21(18-32-27)23-9-10-31-25-6-3-20(16-24(23)25)17-26-29(38)33-30(39)40-26/h3-4,6-7,9-10,15-18H,5,8,11-14H2,1-2H3,(H,33,38,39)/b26-17-. The summed E-state index contributed by atoms with van der Waals surface area (Å²) in [5, 5.41) is 2.82. The van der Waals surface area contributed by atoms with E-state index in [2.05, 4.69) is 15.2 Å². The predicted octanol–water partition coefficient (Wildman–Crippen LogP) is 4.58. The maximum absolute atomic E-state index is 12.6. The molecule has 2 aliphatic heterocycles. The number of aromatic nitrogens is 2. The number of fused-ring (bicyclic) bond motifs is 1. The predicted molar refractivity (Wildman–Crippen MR) is 157 cm³/mol. The minimum absolute atomic E-state index is 0.0109. The summed E-state index contributed by atoms with van der Waals surface area (Å²) in [6, 6.07) is 11.7. The third-order valence-electron chi connectivity index (χ3n) is 6.76. The number of thioether (sulfide) groups is 1. The van der Waals surface area contributed by atoms with Gasteiger partial charge in [0.15, 0.2) is 5.78 Å². The number of ketones is 1. The number of rotatable bonds is 7. The molecule has 3 aromatic rings. The van der Waals surface area contributed by atoms with Crippen LogP contribution in [0.15, 0.2) is 65.3 Å². The van der Waals surface area contributed by atoms with Crippen LogP contribution in [0.1, 0.15) is 32.3 Å². The van der Waals surface area contributed by atoms with Crippen molar-refractivity contribution in [2.75, 3.05) is 31.1 Å². The van der Waals surface area contributed by atoms with Crippen molar-refractivity contribution in [2.24, 2.45) is 0 Å². The molecule has 1 aromatic carbocycles. The highest BCUT2D eigenvalue weighted by atomic mass is 32.2. The summed E-state index contributed by atoms with van der Waals surface area (Å²) < 4.78 is 0. The van der Waals surface area contributed by atoms with Gasteiger partial charge in [-0.15, -0.1) is 0 Å². The fraction of sp³-hybridized carbons (Fsp3) is 0.267. The molecule has 2 aromatic heterocycles. The molecule has 3 amide bonds. The Morgan fingerprint density at radius 2 is 1.80 bits per heavy atom. The molecular weight excluding hydrogens is 526 g/mol. The van der Waals surface area contributed by atoms with Crippen LogP contribution in [0.5, 0.6) is 0 Å². The van der Waals surface area contributed by atoms with Crippen LogP contribution in [0.4, 0.5) is 10.6 Å². The van der Waals surface area contributed by atoms with E-state index < -0.39 is 0 Å². The Kier molecular flexibility index (Phi) is 8.06. The number of amides is 3. The Balaban J connectivity index is 1.26. The molecular formula is C30H29N5O4S. The number of imide groups is 1. The monoisotopic (exact) mass is 555 g/mol. The molecule has 0 atom stereocenters. The van der Waals surface area contributed by atoms with Gasteiger partial charge in [0, 0.05) is 62.4 Å². The van der Waals surface area contributed by atoms with E-state index in [1.807, 2.05) is 61.3 Å². The average molecular weight is 556 g/mol. The topological polar surface area (TPSA) is 113 Å². The lowest BCUT2D eigenvalue weighted by Crippen LogP contribution is -2.49. The van der Waals surface area contributed by atoms with E-state index in [9.17, 15) is 19.2 Å². The largest absolute Gasteiger partial charge is 0.353 e. The van der Waals surface area contributed by atoms with Gasteiger partial charge in [-0.1, -0.05) is 11.6 Å². The maximum atomic E-state index is 12.6. The van der Waals surface area contributed by atoms with Gasteiger partial charge in [-0.3, -0.25) is 29.5 Å². The van der Waals surface area contributed by atoms with Gasteiger partial charge in [0.1, 0.15) is 5.82 Å². The number of allylic oxidation sites excluding steroid dienone is 2. The number of anilines is 1. The van der Waals surface area contributed by atoms with Gasteiger partial charge in [0.25, 0.3) is 11.1 Å². The highest BCUT2D eigenvalue weighted by Gasteiger charge is 2.25. The van der Waals surface area contributed by atoms with Crippen molar-refractivity contribution in [1.29, 1.82) is 0 Å². The molecule has 2 saturated heterocycles. The second kappa shape index (κ2) is 11.8. The maximum Gasteiger partial charge on any atom is 0.290 e. The smallest absolute Gasteiger partial charge is 0.290 e. The first-order chi connectivity index (χ1) is 19.3. The van der Waals surface area contributed by atoms with Crippen molar-refractivity contribution in [3.8, 4) is 11.1 Å². The Hall–Kier alpha value is -4.31. The average Bonchev–Trinajstić information content (AvgIpc) is 3.27. The molecule has 204 valence electrons.